The molecule has 1 heterocycles. The zero-order valence-electron chi connectivity index (χ0n) is 10.3. The van der Waals surface area contributed by atoms with Crippen LogP contribution in [0.1, 0.15) is 46.0 Å². The Morgan fingerprint density at radius 3 is 2.94 bits per heavy atom. The number of esters is 1. The van der Waals surface area contributed by atoms with E-state index in [9.17, 15) is 4.79 Å². The lowest BCUT2D eigenvalue weighted by Crippen LogP contribution is -2.49. The number of hydrogen-bond donors (Lipinski definition) is 1. The van der Waals surface area contributed by atoms with E-state index >= 15 is 0 Å². The molecule has 0 aromatic carbocycles. The topological polar surface area (TPSA) is 61.6 Å². The van der Waals surface area contributed by atoms with Crippen molar-refractivity contribution in [3.8, 4) is 0 Å². The smallest absolute Gasteiger partial charge is 0.307 e. The Kier molecular flexibility index (Phi) is 5.22. The van der Waals surface area contributed by atoms with Crippen LogP contribution in [0.25, 0.3) is 0 Å². The predicted molar refractivity (Wildman–Crippen MR) is 62.1 cm³/mol. The lowest BCUT2D eigenvalue weighted by molar-refractivity contribution is -0.146. The fourth-order valence-corrected chi connectivity index (χ4v) is 2.21. The number of hydrogen-bond acceptors (Lipinski definition) is 4. The van der Waals surface area contributed by atoms with Gasteiger partial charge in [0, 0.05) is 12.1 Å². The first kappa shape index (κ1) is 13.5. The fraction of sp³-hybridized carbons (Fsp3) is 0.917. The van der Waals surface area contributed by atoms with Crippen molar-refractivity contribution in [3.05, 3.63) is 0 Å². The van der Waals surface area contributed by atoms with Gasteiger partial charge in [-0.3, -0.25) is 4.79 Å². The van der Waals surface area contributed by atoms with Crippen LogP contribution in [-0.2, 0) is 14.3 Å². The molecule has 0 amide bonds. The van der Waals surface area contributed by atoms with Crippen molar-refractivity contribution in [2.24, 2.45) is 5.73 Å². The molecule has 2 atom stereocenters. The molecule has 4 heteroatoms. The molecule has 0 saturated carbocycles. The van der Waals surface area contributed by atoms with E-state index in [2.05, 4.69) is 6.92 Å². The normalized spacial score (nSPS) is 30.1. The van der Waals surface area contributed by atoms with Crippen LogP contribution < -0.4 is 5.73 Å². The lowest BCUT2D eigenvalue weighted by atomic mass is 9.83. The van der Waals surface area contributed by atoms with Crippen LogP contribution in [0.4, 0.5) is 0 Å². The van der Waals surface area contributed by atoms with Crippen molar-refractivity contribution in [2.45, 2.75) is 57.6 Å². The van der Waals surface area contributed by atoms with E-state index in [1.807, 2.05) is 6.92 Å². The third-order valence-corrected chi connectivity index (χ3v) is 3.00. The summed E-state index contributed by atoms with van der Waals surface area (Å²) in [5, 5.41) is 0. The van der Waals surface area contributed by atoms with E-state index in [1.165, 1.54) is 0 Å². The highest BCUT2D eigenvalue weighted by atomic mass is 16.5. The summed E-state index contributed by atoms with van der Waals surface area (Å²) < 4.78 is 10.6. The molecule has 1 aliphatic heterocycles. The van der Waals surface area contributed by atoms with Crippen LogP contribution in [-0.4, -0.2) is 30.8 Å². The highest BCUT2D eigenvalue weighted by Gasteiger charge is 2.35. The number of carbonyl (C=O) groups excluding carboxylic acids is 1. The molecule has 0 spiro atoms. The first-order valence-electron chi connectivity index (χ1n) is 6.15. The van der Waals surface area contributed by atoms with Crippen molar-refractivity contribution in [2.75, 3.05) is 13.2 Å². The van der Waals surface area contributed by atoms with Gasteiger partial charge in [0.25, 0.3) is 0 Å². The van der Waals surface area contributed by atoms with Crippen LogP contribution >= 0.6 is 0 Å². The molecule has 0 aliphatic carbocycles. The van der Waals surface area contributed by atoms with Crippen molar-refractivity contribution in [1.82, 2.24) is 0 Å². The number of ether oxygens (including phenoxy) is 2. The maximum Gasteiger partial charge on any atom is 0.307 e. The minimum Gasteiger partial charge on any atom is -0.466 e. The van der Waals surface area contributed by atoms with Gasteiger partial charge in [-0.25, -0.2) is 0 Å². The molecule has 0 bridgehead atoms. The van der Waals surface area contributed by atoms with Gasteiger partial charge in [-0.05, 0) is 26.2 Å². The Bertz CT molecular complexity index is 230. The average molecular weight is 229 g/mol. The van der Waals surface area contributed by atoms with Crippen LogP contribution in [0, 0.1) is 0 Å². The van der Waals surface area contributed by atoms with Crippen LogP contribution in [0.5, 0.6) is 0 Å². The van der Waals surface area contributed by atoms with E-state index in [-0.39, 0.29) is 12.1 Å². The average Bonchev–Trinajstić information content (AvgIpc) is 2.17. The zero-order chi connectivity index (χ0) is 12.0. The summed E-state index contributed by atoms with van der Waals surface area (Å²) in [5.41, 5.74) is 5.80. The second-order valence-corrected chi connectivity index (χ2v) is 4.58. The first-order chi connectivity index (χ1) is 7.59. The number of nitrogens with two attached hydrogens (primary N) is 1. The monoisotopic (exact) mass is 229 g/mol. The zero-order valence-corrected chi connectivity index (χ0v) is 10.3. The van der Waals surface area contributed by atoms with Gasteiger partial charge in [0.2, 0.25) is 0 Å². The Morgan fingerprint density at radius 2 is 2.31 bits per heavy atom. The fourth-order valence-electron chi connectivity index (χ4n) is 2.21. The van der Waals surface area contributed by atoms with Crippen molar-refractivity contribution < 1.29 is 14.3 Å². The molecular weight excluding hydrogens is 206 g/mol. The molecular formula is C12H23NO3. The van der Waals surface area contributed by atoms with Gasteiger partial charge in [0.15, 0.2) is 0 Å². The number of rotatable bonds is 5. The van der Waals surface area contributed by atoms with Gasteiger partial charge < -0.3 is 15.2 Å². The first-order valence-corrected chi connectivity index (χ1v) is 6.15. The molecule has 0 aromatic rings. The number of carbonyl (C=O) groups is 1. The van der Waals surface area contributed by atoms with E-state index in [0.29, 0.717) is 19.6 Å². The van der Waals surface area contributed by atoms with Gasteiger partial charge in [-0.2, -0.15) is 0 Å². The second kappa shape index (κ2) is 6.21. The van der Waals surface area contributed by atoms with Gasteiger partial charge in [0.05, 0.1) is 19.1 Å². The summed E-state index contributed by atoms with van der Waals surface area (Å²) in [6, 6.07) is 0. The van der Waals surface area contributed by atoms with E-state index in [1.54, 1.807) is 0 Å². The maximum atomic E-state index is 11.4. The Balaban J connectivity index is 2.45. The minimum absolute atomic E-state index is 0.192. The van der Waals surface area contributed by atoms with E-state index < -0.39 is 5.54 Å². The quantitative estimate of drug-likeness (QED) is 0.728. The summed E-state index contributed by atoms with van der Waals surface area (Å²) in [6.07, 6.45) is 4.12. The van der Waals surface area contributed by atoms with E-state index in [4.69, 9.17) is 15.2 Å². The van der Waals surface area contributed by atoms with Gasteiger partial charge >= 0.3 is 5.97 Å². The summed E-state index contributed by atoms with van der Waals surface area (Å²) >= 11 is 0. The summed E-state index contributed by atoms with van der Waals surface area (Å²) in [6.45, 7) is 5.01. The molecule has 2 unspecified atom stereocenters. The molecule has 1 rings (SSSR count). The highest BCUT2D eigenvalue weighted by Crippen LogP contribution is 2.28. The predicted octanol–water partition coefficient (Wildman–Crippen LogP) is 1.62. The maximum absolute atomic E-state index is 11.4. The molecule has 0 radical (unpaired) electrons. The second-order valence-electron chi connectivity index (χ2n) is 4.58. The highest BCUT2D eigenvalue weighted by molar-refractivity contribution is 5.70. The third kappa shape index (κ3) is 4.10. The van der Waals surface area contributed by atoms with Crippen LogP contribution in [0.2, 0.25) is 0 Å². The van der Waals surface area contributed by atoms with Crippen molar-refractivity contribution >= 4 is 5.97 Å². The van der Waals surface area contributed by atoms with Crippen LogP contribution in [0.15, 0.2) is 0 Å². The summed E-state index contributed by atoms with van der Waals surface area (Å²) in [4.78, 5) is 11.4. The molecule has 1 fully saturated rings. The van der Waals surface area contributed by atoms with Gasteiger partial charge in [-0.1, -0.05) is 13.3 Å². The molecule has 1 saturated heterocycles. The lowest BCUT2D eigenvalue weighted by Gasteiger charge is -2.37. The standard InChI is InChI=1S/C12H23NO3/c1-3-5-10-8-12(13,6-7-16-10)9-11(14)15-4-2/h10H,3-9,13H2,1-2H3. The minimum atomic E-state index is -0.426. The van der Waals surface area contributed by atoms with Gasteiger partial charge in [0.1, 0.15) is 0 Å². The van der Waals surface area contributed by atoms with Gasteiger partial charge in [-0.15, -0.1) is 0 Å². The van der Waals surface area contributed by atoms with Crippen LogP contribution in [0.3, 0.4) is 0 Å². The summed E-state index contributed by atoms with van der Waals surface area (Å²) in [7, 11) is 0. The molecule has 1 aliphatic rings. The molecule has 0 aromatic heterocycles. The van der Waals surface area contributed by atoms with E-state index in [0.717, 1.165) is 25.7 Å². The third-order valence-electron chi connectivity index (χ3n) is 3.00. The molecule has 2 N–H and O–H groups in total. The molecule has 16 heavy (non-hydrogen) atoms. The largest absolute Gasteiger partial charge is 0.466 e. The van der Waals surface area contributed by atoms with Crippen molar-refractivity contribution in [1.29, 1.82) is 0 Å². The Labute approximate surface area is 97.5 Å². The molecule has 4 nitrogen and oxygen atoms in total. The summed E-state index contributed by atoms with van der Waals surface area (Å²) in [5.74, 6) is -0.192. The SMILES string of the molecule is CCCC1CC(N)(CC(=O)OCC)CCO1. The molecule has 94 valence electrons. The Morgan fingerprint density at radius 1 is 1.56 bits per heavy atom. The Hall–Kier alpha value is -0.610. The van der Waals surface area contributed by atoms with Crippen molar-refractivity contribution in [3.63, 3.8) is 0 Å².